The second kappa shape index (κ2) is 9.30. The Balaban J connectivity index is 1.63. The highest BCUT2D eigenvalue weighted by atomic mass is 15.5. The molecule has 3 aromatic rings. The number of hydrogen-bond donors (Lipinski definition) is 1. The summed E-state index contributed by atoms with van der Waals surface area (Å²) < 4.78 is 0. The zero-order chi connectivity index (χ0) is 18.2. The molecule has 0 fully saturated rings. The van der Waals surface area contributed by atoms with E-state index in [0.717, 1.165) is 49.3 Å². The van der Waals surface area contributed by atoms with Crippen molar-refractivity contribution in [1.29, 1.82) is 0 Å². The van der Waals surface area contributed by atoms with Crippen LogP contribution < -0.4 is 5.32 Å². The zero-order valence-electron chi connectivity index (χ0n) is 15.7. The van der Waals surface area contributed by atoms with E-state index in [2.05, 4.69) is 61.6 Å². The molecule has 0 bridgehead atoms. The van der Waals surface area contributed by atoms with Crippen LogP contribution >= 0.6 is 0 Å². The van der Waals surface area contributed by atoms with E-state index < -0.39 is 0 Å². The summed E-state index contributed by atoms with van der Waals surface area (Å²) in [6.07, 6.45) is 3.22. The first-order chi connectivity index (χ1) is 12.8. The van der Waals surface area contributed by atoms with Gasteiger partial charge in [0.2, 0.25) is 0 Å². The first-order valence-corrected chi connectivity index (χ1v) is 9.53. The Bertz CT molecular complexity index is 780. The lowest BCUT2D eigenvalue weighted by atomic mass is 10.1. The standard InChI is InChI=1S/C22H28N4/c1-3-16-26-24-21(22(25-26)20-12-8-5-9-13-20)17-23-18(2)14-15-19-10-6-4-7-11-19/h4-13,18,23H,3,14-17H2,1-2H3/t18-/m0/s1. The van der Waals surface area contributed by atoms with Gasteiger partial charge in [0.1, 0.15) is 11.4 Å². The number of aryl methyl sites for hydroxylation is 2. The van der Waals surface area contributed by atoms with E-state index in [-0.39, 0.29) is 0 Å². The van der Waals surface area contributed by atoms with Crippen LogP contribution in [0, 0.1) is 0 Å². The van der Waals surface area contributed by atoms with Crippen LogP contribution in [0.5, 0.6) is 0 Å². The van der Waals surface area contributed by atoms with Gasteiger partial charge in [0.15, 0.2) is 0 Å². The summed E-state index contributed by atoms with van der Waals surface area (Å²) in [5.41, 5.74) is 4.53. The van der Waals surface area contributed by atoms with Crippen LogP contribution in [0.4, 0.5) is 0 Å². The summed E-state index contributed by atoms with van der Waals surface area (Å²) in [5.74, 6) is 0. The van der Waals surface area contributed by atoms with Gasteiger partial charge in [-0.2, -0.15) is 15.0 Å². The minimum Gasteiger partial charge on any atom is -0.309 e. The van der Waals surface area contributed by atoms with Crippen molar-refractivity contribution >= 4 is 0 Å². The van der Waals surface area contributed by atoms with Crippen LogP contribution in [0.1, 0.15) is 37.9 Å². The largest absolute Gasteiger partial charge is 0.309 e. The van der Waals surface area contributed by atoms with Crippen molar-refractivity contribution in [3.8, 4) is 11.3 Å². The summed E-state index contributed by atoms with van der Waals surface area (Å²) >= 11 is 0. The normalized spacial score (nSPS) is 12.2. The summed E-state index contributed by atoms with van der Waals surface area (Å²) in [4.78, 5) is 1.83. The molecule has 0 amide bonds. The van der Waals surface area contributed by atoms with Gasteiger partial charge < -0.3 is 5.32 Å². The predicted molar refractivity (Wildman–Crippen MR) is 107 cm³/mol. The molecule has 0 radical (unpaired) electrons. The van der Waals surface area contributed by atoms with Crippen molar-refractivity contribution in [2.45, 2.75) is 52.2 Å². The summed E-state index contributed by atoms with van der Waals surface area (Å²) in [5, 5.41) is 13.0. The molecule has 0 aliphatic rings. The van der Waals surface area contributed by atoms with Gasteiger partial charge in [0, 0.05) is 18.2 Å². The van der Waals surface area contributed by atoms with E-state index >= 15 is 0 Å². The molecule has 0 aliphatic heterocycles. The average molecular weight is 348 g/mol. The van der Waals surface area contributed by atoms with Gasteiger partial charge in [-0.05, 0) is 31.7 Å². The number of nitrogens with one attached hydrogen (secondary N) is 1. The third-order valence-corrected chi connectivity index (χ3v) is 4.52. The fourth-order valence-corrected chi connectivity index (χ4v) is 3.02. The maximum Gasteiger partial charge on any atom is 0.117 e. The third-order valence-electron chi connectivity index (χ3n) is 4.52. The Morgan fingerprint density at radius 3 is 2.35 bits per heavy atom. The number of benzene rings is 2. The molecule has 0 unspecified atom stereocenters. The van der Waals surface area contributed by atoms with Crippen molar-refractivity contribution < 1.29 is 0 Å². The lowest BCUT2D eigenvalue weighted by Gasteiger charge is -2.13. The quantitative estimate of drug-likeness (QED) is 0.620. The lowest BCUT2D eigenvalue weighted by Crippen LogP contribution is -2.26. The highest BCUT2D eigenvalue weighted by molar-refractivity contribution is 5.60. The van der Waals surface area contributed by atoms with Crippen molar-refractivity contribution in [1.82, 2.24) is 20.3 Å². The number of nitrogens with zero attached hydrogens (tertiary/aromatic N) is 3. The molecule has 1 atom stereocenters. The Morgan fingerprint density at radius 1 is 0.962 bits per heavy atom. The topological polar surface area (TPSA) is 42.7 Å². The Labute approximate surface area is 156 Å². The first kappa shape index (κ1) is 18.3. The van der Waals surface area contributed by atoms with Crippen molar-refractivity contribution in [2.75, 3.05) is 0 Å². The number of hydrogen-bond acceptors (Lipinski definition) is 3. The second-order valence-corrected chi connectivity index (χ2v) is 6.76. The fourth-order valence-electron chi connectivity index (χ4n) is 3.02. The molecule has 0 spiro atoms. The van der Waals surface area contributed by atoms with Gasteiger partial charge in [-0.1, -0.05) is 67.6 Å². The fraction of sp³-hybridized carbons (Fsp3) is 0.364. The molecule has 1 aromatic heterocycles. The van der Waals surface area contributed by atoms with E-state index in [0.29, 0.717) is 6.04 Å². The Kier molecular flexibility index (Phi) is 6.56. The molecule has 1 N–H and O–H groups in total. The minimum atomic E-state index is 0.426. The van der Waals surface area contributed by atoms with Gasteiger partial charge in [0.25, 0.3) is 0 Å². The molecule has 4 nitrogen and oxygen atoms in total. The van der Waals surface area contributed by atoms with E-state index in [1.54, 1.807) is 0 Å². The molecule has 0 saturated carbocycles. The van der Waals surface area contributed by atoms with E-state index in [9.17, 15) is 0 Å². The highest BCUT2D eigenvalue weighted by Crippen LogP contribution is 2.20. The van der Waals surface area contributed by atoms with Gasteiger partial charge in [-0.3, -0.25) is 0 Å². The lowest BCUT2D eigenvalue weighted by molar-refractivity contribution is 0.494. The molecular formula is C22H28N4. The van der Waals surface area contributed by atoms with Crippen LogP contribution in [0.15, 0.2) is 60.7 Å². The molecule has 4 heteroatoms. The SMILES string of the molecule is CCCn1nc(CN[C@@H](C)CCc2ccccc2)c(-c2ccccc2)n1. The monoisotopic (exact) mass is 348 g/mol. The molecule has 0 saturated heterocycles. The summed E-state index contributed by atoms with van der Waals surface area (Å²) in [6, 6.07) is 21.4. The molecule has 26 heavy (non-hydrogen) atoms. The van der Waals surface area contributed by atoms with E-state index in [1.807, 2.05) is 23.0 Å². The van der Waals surface area contributed by atoms with Crippen LogP contribution in [-0.4, -0.2) is 21.0 Å². The van der Waals surface area contributed by atoms with Crippen molar-refractivity contribution in [2.24, 2.45) is 0 Å². The first-order valence-electron chi connectivity index (χ1n) is 9.53. The summed E-state index contributed by atoms with van der Waals surface area (Å²) in [7, 11) is 0. The smallest absolute Gasteiger partial charge is 0.117 e. The third kappa shape index (κ3) is 5.02. The number of aromatic nitrogens is 3. The maximum absolute atomic E-state index is 4.71. The van der Waals surface area contributed by atoms with Crippen LogP contribution in [0.25, 0.3) is 11.3 Å². The minimum absolute atomic E-state index is 0.426. The molecule has 0 aliphatic carbocycles. The van der Waals surface area contributed by atoms with Crippen molar-refractivity contribution in [3.05, 3.63) is 71.9 Å². The van der Waals surface area contributed by atoms with E-state index in [1.165, 1.54) is 5.56 Å². The van der Waals surface area contributed by atoms with Crippen LogP contribution in [0.2, 0.25) is 0 Å². The van der Waals surface area contributed by atoms with E-state index in [4.69, 9.17) is 10.2 Å². The average Bonchev–Trinajstić information content (AvgIpc) is 3.09. The molecular weight excluding hydrogens is 320 g/mol. The number of rotatable bonds is 9. The highest BCUT2D eigenvalue weighted by Gasteiger charge is 2.13. The maximum atomic E-state index is 4.71. The molecule has 2 aromatic carbocycles. The molecule has 3 rings (SSSR count). The Hall–Kier alpha value is -2.46. The molecule has 136 valence electrons. The van der Waals surface area contributed by atoms with Gasteiger partial charge in [-0.15, -0.1) is 0 Å². The van der Waals surface area contributed by atoms with Gasteiger partial charge >= 0.3 is 0 Å². The zero-order valence-corrected chi connectivity index (χ0v) is 15.7. The van der Waals surface area contributed by atoms with Crippen LogP contribution in [0.3, 0.4) is 0 Å². The Morgan fingerprint density at radius 2 is 1.65 bits per heavy atom. The molecule has 1 heterocycles. The van der Waals surface area contributed by atoms with Gasteiger partial charge in [-0.25, -0.2) is 0 Å². The predicted octanol–water partition coefficient (Wildman–Crippen LogP) is 4.47. The van der Waals surface area contributed by atoms with Crippen molar-refractivity contribution in [3.63, 3.8) is 0 Å². The summed E-state index contributed by atoms with van der Waals surface area (Å²) in [6.45, 7) is 5.98. The second-order valence-electron chi connectivity index (χ2n) is 6.76. The van der Waals surface area contributed by atoms with Gasteiger partial charge in [0.05, 0.1) is 6.54 Å². The van der Waals surface area contributed by atoms with Crippen LogP contribution in [-0.2, 0) is 19.5 Å².